The zero-order valence-corrected chi connectivity index (χ0v) is 15.8. The van der Waals surface area contributed by atoms with E-state index in [9.17, 15) is 19.5 Å². The Morgan fingerprint density at radius 1 is 1.26 bits per heavy atom. The maximum absolute atomic E-state index is 12.5. The van der Waals surface area contributed by atoms with Gasteiger partial charge in [-0.1, -0.05) is 17.7 Å². The molecule has 1 aliphatic heterocycles. The molecule has 3 rings (SSSR count). The second-order valence-electron chi connectivity index (χ2n) is 6.11. The Hall–Kier alpha value is -2.58. The lowest BCUT2D eigenvalue weighted by Gasteiger charge is -2.24. The average Bonchev–Trinajstić information content (AvgIpc) is 3.33. The second-order valence-corrected chi connectivity index (χ2v) is 7.57. The average molecular weight is 408 g/mol. The summed E-state index contributed by atoms with van der Waals surface area (Å²) in [4.78, 5) is 39.6. The number of nitrogens with zero attached hydrogens (tertiary/aromatic N) is 1. The first-order valence-electron chi connectivity index (χ1n) is 8.36. The van der Waals surface area contributed by atoms with Crippen molar-refractivity contribution >= 4 is 40.7 Å². The molecule has 3 N–H and O–H groups in total. The third-order valence-corrected chi connectivity index (χ3v) is 5.40. The minimum atomic E-state index is -0.696. The van der Waals surface area contributed by atoms with Crippen molar-refractivity contribution in [2.45, 2.75) is 25.3 Å². The van der Waals surface area contributed by atoms with Crippen LogP contribution >= 0.6 is 22.9 Å². The monoisotopic (exact) mass is 407 g/mol. The summed E-state index contributed by atoms with van der Waals surface area (Å²) in [6.45, 7) is 0.505. The van der Waals surface area contributed by atoms with Gasteiger partial charge in [0.1, 0.15) is 11.8 Å². The van der Waals surface area contributed by atoms with Crippen LogP contribution < -0.4 is 10.9 Å². The molecule has 0 saturated carbocycles. The van der Waals surface area contributed by atoms with E-state index in [-0.39, 0.29) is 28.7 Å². The fraction of sp³-hybridized carbons (Fsp3) is 0.278. The number of amides is 3. The number of benzene rings is 1. The highest BCUT2D eigenvalue weighted by Gasteiger charge is 2.34. The number of likely N-dealkylation sites (tertiary alicyclic amines) is 1. The fourth-order valence-electron chi connectivity index (χ4n) is 2.96. The van der Waals surface area contributed by atoms with Crippen LogP contribution in [0.2, 0.25) is 5.02 Å². The molecule has 2 aromatic rings. The van der Waals surface area contributed by atoms with Crippen molar-refractivity contribution in [3.8, 4) is 5.75 Å². The molecular formula is C18H18ClN3O4S. The Balaban J connectivity index is 1.58. The minimum Gasteiger partial charge on any atom is -0.507 e. The molecule has 2 heterocycles. The predicted molar refractivity (Wildman–Crippen MR) is 101 cm³/mol. The molecule has 1 aromatic heterocycles. The van der Waals surface area contributed by atoms with Crippen molar-refractivity contribution in [2.75, 3.05) is 6.54 Å². The summed E-state index contributed by atoms with van der Waals surface area (Å²) in [6.07, 6.45) is 1.50. The third kappa shape index (κ3) is 4.58. The molecule has 1 saturated heterocycles. The van der Waals surface area contributed by atoms with Crippen molar-refractivity contribution in [1.82, 2.24) is 15.8 Å². The van der Waals surface area contributed by atoms with E-state index >= 15 is 0 Å². The maximum Gasteiger partial charge on any atom is 0.273 e. The van der Waals surface area contributed by atoms with Crippen LogP contribution in [-0.4, -0.2) is 40.3 Å². The molecular weight excluding hydrogens is 390 g/mol. The predicted octanol–water partition coefficient (Wildman–Crippen LogP) is 2.10. The lowest BCUT2D eigenvalue weighted by atomic mass is 10.2. The van der Waals surface area contributed by atoms with E-state index in [1.807, 2.05) is 17.5 Å². The molecule has 1 atom stereocenters. The van der Waals surface area contributed by atoms with Gasteiger partial charge in [-0.05, 0) is 42.5 Å². The number of carbonyl (C=O) groups excluding carboxylic acids is 3. The molecule has 27 heavy (non-hydrogen) atoms. The summed E-state index contributed by atoms with van der Waals surface area (Å²) in [5, 5.41) is 11.9. The molecule has 142 valence electrons. The Kier molecular flexibility index (Phi) is 5.98. The topological polar surface area (TPSA) is 98.7 Å². The smallest absolute Gasteiger partial charge is 0.273 e. The summed E-state index contributed by atoms with van der Waals surface area (Å²) in [5.74, 6) is -1.53. The minimum absolute atomic E-state index is 0.0557. The molecule has 0 radical (unpaired) electrons. The van der Waals surface area contributed by atoms with Gasteiger partial charge in [-0.3, -0.25) is 25.2 Å². The number of thiophene rings is 1. The molecule has 9 heteroatoms. The van der Waals surface area contributed by atoms with Crippen LogP contribution in [0.3, 0.4) is 0 Å². The standard InChI is InChI=1S/C18H18ClN3O4S/c19-11-5-6-15(23)13(9-11)17(25)20-21-18(26)14-4-1-7-22(14)16(24)10-12-3-2-8-27-12/h2-3,5-6,8-9,14,23H,1,4,7,10H2,(H,20,25)(H,21,26). The van der Waals surface area contributed by atoms with Crippen molar-refractivity contribution in [3.05, 3.63) is 51.2 Å². The molecule has 3 amide bonds. The Morgan fingerprint density at radius 3 is 2.81 bits per heavy atom. The van der Waals surface area contributed by atoms with Crippen molar-refractivity contribution in [1.29, 1.82) is 0 Å². The zero-order valence-electron chi connectivity index (χ0n) is 14.3. The molecule has 1 aliphatic rings. The largest absolute Gasteiger partial charge is 0.507 e. The molecule has 7 nitrogen and oxygen atoms in total. The molecule has 0 bridgehead atoms. The summed E-state index contributed by atoms with van der Waals surface area (Å²) in [7, 11) is 0. The number of hydrogen-bond acceptors (Lipinski definition) is 5. The van der Waals surface area contributed by atoms with Crippen LogP contribution in [0.5, 0.6) is 5.75 Å². The van der Waals surface area contributed by atoms with Gasteiger partial charge in [-0.2, -0.15) is 0 Å². The normalized spacial score (nSPS) is 16.2. The van der Waals surface area contributed by atoms with Crippen LogP contribution in [0, 0.1) is 0 Å². The third-order valence-electron chi connectivity index (χ3n) is 4.28. The summed E-state index contributed by atoms with van der Waals surface area (Å²) < 4.78 is 0. The number of aromatic hydroxyl groups is 1. The first-order valence-corrected chi connectivity index (χ1v) is 9.62. The van der Waals surface area contributed by atoms with Gasteiger partial charge in [-0.15, -0.1) is 11.3 Å². The molecule has 1 aromatic carbocycles. The number of phenolic OH excluding ortho intramolecular Hbond substituents is 1. The van der Waals surface area contributed by atoms with Gasteiger partial charge >= 0.3 is 0 Å². The van der Waals surface area contributed by atoms with Crippen LogP contribution in [0.25, 0.3) is 0 Å². The van der Waals surface area contributed by atoms with Gasteiger partial charge in [0.25, 0.3) is 11.8 Å². The van der Waals surface area contributed by atoms with Gasteiger partial charge in [0.2, 0.25) is 5.91 Å². The van der Waals surface area contributed by atoms with E-state index in [4.69, 9.17) is 11.6 Å². The van der Waals surface area contributed by atoms with Gasteiger partial charge in [0, 0.05) is 16.4 Å². The number of hydrazine groups is 1. The highest BCUT2D eigenvalue weighted by atomic mass is 35.5. The first-order chi connectivity index (χ1) is 13.0. The van der Waals surface area contributed by atoms with Gasteiger partial charge in [0.15, 0.2) is 0 Å². The highest BCUT2D eigenvalue weighted by molar-refractivity contribution is 7.10. The lowest BCUT2D eigenvalue weighted by molar-refractivity contribution is -0.138. The second kappa shape index (κ2) is 8.41. The Labute approximate surface area is 164 Å². The molecule has 0 aliphatic carbocycles. The maximum atomic E-state index is 12.5. The zero-order chi connectivity index (χ0) is 19.4. The van der Waals surface area contributed by atoms with E-state index in [1.54, 1.807) is 0 Å². The number of halogens is 1. The molecule has 1 fully saturated rings. The molecule has 0 spiro atoms. The summed E-state index contributed by atoms with van der Waals surface area (Å²) >= 11 is 7.31. The Bertz CT molecular complexity index is 856. The van der Waals surface area contributed by atoms with Crippen molar-refractivity contribution in [3.63, 3.8) is 0 Å². The molecule has 1 unspecified atom stereocenters. The van der Waals surface area contributed by atoms with Gasteiger partial charge < -0.3 is 10.0 Å². The summed E-state index contributed by atoms with van der Waals surface area (Å²) in [5.41, 5.74) is 4.53. The quantitative estimate of drug-likeness (QED) is 0.676. The highest BCUT2D eigenvalue weighted by Crippen LogP contribution is 2.22. The number of nitrogens with one attached hydrogen (secondary N) is 2. The SMILES string of the molecule is O=C(NNC(=O)C1CCCN1C(=O)Cc1cccs1)c1cc(Cl)ccc1O. The number of rotatable bonds is 4. The Morgan fingerprint density at radius 2 is 2.07 bits per heavy atom. The van der Waals surface area contributed by atoms with Gasteiger partial charge in [-0.25, -0.2) is 0 Å². The van der Waals surface area contributed by atoms with E-state index in [1.165, 1.54) is 34.4 Å². The van der Waals surface area contributed by atoms with Crippen LogP contribution in [0.15, 0.2) is 35.7 Å². The summed E-state index contributed by atoms with van der Waals surface area (Å²) in [6, 6.07) is 7.16. The fourth-order valence-corrected chi connectivity index (χ4v) is 3.83. The van der Waals surface area contributed by atoms with Crippen LogP contribution in [0.4, 0.5) is 0 Å². The number of phenols is 1. The number of hydrogen-bond donors (Lipinski definition) is 3. The lowest BCUT2D eigenvalue weighted by Crippen LogP contribution is -2.51. The number of carbonyl (C=O) groups is 3. The van der Waals surface area contributed by atoms with Crippen LogP contribution in [-0.2, 0) is 16.0 Å². The first kappa shape index (κ1) is 19.2. The van der Waals surface area contributed by atoms with Gasteiger partial charge in [0.05, 0.1) is 12.0 Å². The van der Waals surface area contributed by atoms with Crippen LogP contribution in [0.1, 0.15) is 28.1 Å². The van der Waals surface area contributed by atoms with E-state index in [2.05, 4.69) is 10.9 Å². The van der Waals surface area contributed by atoms with Crippen molar-refractivity contribution in [2.24, 2.45) is 0 Å². The van der Waals surface area contributed by atoms with Crippen molar-refractivity contribution < 1.29 is 19.5 Å². The van der Waals surface area contributed by atoms with E-state index in [0.717, 1.165) is 11.3 Å². The van der Waals surface area contributed by atoms with E-state index < -0.39 is 17.9 Å². The van der Waals surface area contributed by atoms with E-state index in [0.29, 0.717) is 13.0 Å².